The molecular weight excluding hydrogens is 454 g/mol. The van der Waals surface area contributed by atoms with E-state index < -0.39 is 0 Å². The van der Waals surface area contributed by atoms with Crippen molar-refractivity contribution < 1.29 is 4.79 Å². The van der Waals surface area contributed by atoms with Gasteiger partial charge < -0.3 is 5.32 Å². The van der Waals surface area contributed by atoms with Crippen molar-refractivity contribution in [2.45, 2.75) is 125 Å². The molecule has 0 aromatic heterocycles. The minimum Gasteiger partial charge on any atom is -0.326 e. The van der Waals surface area contributed by atoms with E-state index >= 15 is 0 Å². The molecule has 212 valence electrons. The Balaban J connectivity index is 0.000000750. The number of carbonyl (C=O) groups excluding carboxylic acids is 1. The molecule has 0 radical (unpaired) electrons. The summed E-state index contributed by atoms with van der Waals surface area (Å²) in [6.45, 7) is 9.39. The molecule has 4 heteroatoms. The lowest BCUT2D eigenvalue weighted by atomic mass is 9.45. The first-order chi connectivity index (χ1) is 17.4. The van der Waals surface area contributed by atoms with Crippen LogP contribution in [0, 0.1) is 34.0 Å². The van der Waals surface area contributed by atoms with E-state index in [1.165, 1.54) is 77.0 Å². The molecule has 1 aromatic carbocycles. The van der Waals surface area contributed by atoms with Crippen LogP contribution in [0.25, 0.3) is 0 Å². The van der Waals surface area contributed by atoms with Gasteiger partial charge in [0.25, 0.3) is 0 Å². The Morgan fingerprint density at radius 1 is 0.946 bits per heavy atom. The van der Waals surface area contributed by atoms with E-state index in [1.54, 1.807) is 7.05 Å². The summed E-state index contributed by atoms with van der Waals surface area (Å²) in [5, 5.41) is 3.07. The van der Waals surface area contributed by atoms with Crippen molar-refractivity contribution >= 4 is 11.6 Å². The standard InChI is InChI=1S/C29H43NO.C2H6.CH6N2.CH4/c1-27-18-9-20-29(21-17-23-10-6-7-19-28(23,29)2)25(27)16-15-22(27)11-8-14-26(31)30-24-12-4-3-5-13-24;1-2;1-3-2;/h3-5,12-13,22-23,25H,6-11,14-21H2,1-2H3,(H,30,31);1-2H3;3H,2H2,1H3;1H4. The SMILES string of the molecule is C.CC.CC12CCCC3(CCC4CCCCC43C)C1CCC2CCCC(=O)Nc1ccccc1.CNN. The number of anilines is 1. The molecule has 1 spiro atoms. The van der Waals surface area contributed by atoms with Crippen LogP contribution in [0.2, 0.25) is 0 Å². The zero-order chi connectivity index (χ0) is 26.2. The molecule has 4 N–H and O–H groups in total. The third kappa shape index (κ3) is 6.27. The minimum atomic E-state index is 0. The fourth-order valence-corrected chi connectivity index (χ4v) is 9.51. The van der Waals surface area contributed by atoms with Crippen molar-refractivity contribution in [1.82, 2.24) is 5.43 Å². The predicted molar refractivity (Wildman–Crippen MR) is 160 cm³/mol. The van der Waals surface area contributed by atoms with Crippen molar-refractivity contribution in [3.05, 3.63) is 30.3 Å². The van der Waals surface area contributed by atoms with Gasteiger partial charge in [-0.2, -0.15) is 0 Å². The molecule has 4 aliphatic carbocycles. The predicted octanol–water partition coefficient (Wildman–Crippen LogP) is 8.73. The lowest BCUT2D eigenvalue weighted by Gasteiger charge is -2.60. The van der Waals surface area contributed by atoms with Crippen LogP contribution in [-0.2, 0) is 4.79 Å². The summed E-state index contributed by atoms with van der Waals surface area (Å²) in [4.78, 5) is 12.4. The van der Waals surface area contributed by atoms with Crippen LogP contribution in [0.5, 0.6) is 0 Å². The van der Waals surface area contributed by atoms with E-state index in [9.17, 15) is 4.79 Å². The molecule has 0 heterocycles. The zero-order valence-electron chi connectivity index (χ0n) is 24.0. The summed E-state index contributed by atoms with van der Waals surface area (Å²) in [5.74, 6) is 7.54. The molecule has 37 heavy (non-hydrogen) atoms. The molecule has 5 rings (SSSR count). The van der Waals surface area contributed by atoms with Crippen molar-refractivity contribution in [3.8, 4) is 0 Å². The summed E-state index contributed by atoms with van der Waals surface area (Å²) >= 11 is 0. The van der Waals surface area contributed by atoms with Crippen molar-refractivity contribution in [3.63, 3.8) is 0 Å². The number of rotatable bonds is 5. The molecule has 0 bridgehead atoms. The molecule has 1 aromatic rings. The zero-order valence-corrected chi connectivity index (χ0v) is 24.0. The van der Waals surface area contributed by atoms with Gasteiger partial charge in [0.15, 0.2) is 0 Å². The highest BCUT2D eigenvalue weighted by Gasteiger charge is 2.66. The van der Waals surface area contributed by atoms with Gasteiger partial charge in [0.05, 0.1) is 0 Å². The number of benzene rings is 1. The second kappa shape index (κ2) is 14.1. The monoisotopic (exact) mass is 513 g/mol. The molecule has 6 atom stereocenters. The fourth-order valence-electron chi connectivity index (χ4n) is 9.51. The fraction of sp³-hybridized carbons (Fsp3) is 0.788. The first-order valence-corrected chi connectivity index (χ1v) is 15.1. The van der Waals surface area contributed by atoms with Crippen molar-refractivity contribution in [2.75, 3.05) is 12.4 Å². The smallest absolute Gasteiger partial charge is 0.224 e. The van der Waals surface area contributed by atoms with Gasteiger partial charge >= 0.3 is 0 Å². The number of hydrogen-bond acceptors (Lipinski definition) is 3. The second-order valence-corrected chi connectivity index (χ2v) is 12.3. The summed E-state index contributed by atoms with van der Waals surface area (Å²) in [5.41, 5.74) is 4.93. The van der Waals surface area contributed by atoms with Crippen LogP contribution < -0.4 is 16.6 Å². The van der Waals surface area contributed by atoms with Crippen LogP contribution in [-0.4, -0.2) is 13.0 Å². The Morgan fingerprint density at radius 2 is 1.65 bits per heavy atom. The molecular formula is C33H59N3O. The number of amides is 1. The third-order valence-corrected chi connectivity index (χ3v) is 11.0. The topological polar surface area (TPSA) is 67.2 Å². The van der Waals surface area contributed by atoms with Gasteiger partial charge in [-0.3, -0.25) is 16.1 Å². The summed E-state index contributed by atoms with van der Waals surface area (Å²) < 4.78 is 0. The maximum absolute atomic E-state index is 12.4. The number of para-hydroxylation sites is 1. The molecule has 1 amide bonds. The largest absolute Gasteiger partial charge is 0.326 e. The third-order valence-electron chi connectivity index (χ3n) is 11.0. The summed E-state index contributed by atoms with van der Waals surface area (Å²) in [6.07, 6.45) is 19.2. The van der Waals surface area contributed by atoms with Gasteiger partial charge in [-0.1, -0.05) is 72.6 Å². The Bertz CT molecular complexity index is 813. The first-order valence-electron chi connectivity index (χ1n) is 15.1. The molecule has 4 fully saturated rings. The number of fused-ring (bicyclic) bond motifs is 4. The average molecular weight is 514 g/mol. The van der Waals surface area contributed by atoms with Crippen molar-refractivity contribution in [1.29, 1.82) is 0 Å². The Hall–Kier alpha value is -1.39. The lowest BCUT2D eigenvalue weighted by molar-refractivity contribution is -0.117. The van der Waals surface area contributed by atoms with Gasteiger partial charge in [-0.15, -0.1) is 0 Å². The highest BCUT2D eigenvalue weighted by Crippen LogP contribution is 2.75. The maximum Gasteiger partial charge on any atom is 0.224 e. The molecule has 4 saturated carbocycles. The number of nitrogens with one attached hydrogen (secondary N) is 2. The Morgan fingerprint density at radius 3 is 2.35 bits per heavy atom. The first kappa shape index (κ1) is 31.8. The minimum absolute atomic E-state index is 0. The molecule has 0 saturated heterocycles. The van der Waals surface area contributed by atoms with E-state index in [-0.39, 0.29) is 13.3 Å². The summed E-state index contributed by atoms with van der Waals surface area (Å²) in [6, 6.07) is 9.90. The lowest BCUT2D eigenvalue weighted by Crippen LogP contribution is -2.52. The van der Waals surface area contributed by atoms with Gasteiger partial charge in [0.1, 0.15) is 0 Å². The molecule has 6 unspecified atom stereocenters. The van der Waals surface area contributed by atoms with Crippen LogP contribution in [0.15, 0.2) is 30.3 Å². The van der Waals surface area contributed by atoms with Crippen molar-refractivity contribution in [2.24, 2.45) is 39.8 Å². The van der Waals surface area contributed by atoms with Gasteiger partial charge in [0.2, 0.25) is 5.91 Å². The molecule has 0 aliphatic heterocycles. The van der Waals surface area contributed by atoms with E-state index in [0.29, 0.717) is 22.7 Å². The maximum atomic E-state index is 12.4. The Kier molecular flexibility index (Phi) is 12.1. The van der Waals surface area contributed by atoms with E-state index in [4.69, 9.17) is 0 Å². The van der Waals surface area contributed by atoms with Crippen LogP contribution in [0.3, 0.4) is 0 Å². The Labute approximate surface area is 229 Å². The highest BCUT2D eigenvalue weighted by molar-refractivity contribution is 5.90. The van der Waals surface area contributed by atoms with Gasteiger partial charge in [0, 0.05) is 12.1 Å². The second-order valence-electron chi connectivity index (χ2n) is 12.3. The molecule has 4 aliphatic rings. The van der Waals surface area contributed by atoms with E-state index in [2.05, 4.69) is 30.4 Å². The number of carbonyl (C=O) groups is 1. The van der Waals surface area contributed by atoms with Crippen LogP contribution >= 0.6 is 0 Å². The van der Waals surface area contributed by atoms with Gasteiger partial charge in [-0.05, 0) is 117 Å². The van der Waals surface area contributed by atoms with Crippen LogP contribution in [0.1, 0.15) is 125 Å². The van der Waals surface area contributed by atoms with E-state index in [1.807, 2.05) is 44.2 Å². The normalized spacial score (nSPS) is 35.6. The highest BCUT2D eigenvalue weighted by atomic mass is 16.1. The number of hydrazine groups is 1. The van der Waals surface area contributed by atoms with Crippen LogP contribution in [0.4, 0.5) is 5.69 Å². The average Bonchev–Trinajstić information content (AvgIpc) is 3.37. The molecule has 4 nitrogen and oxygen atoms in total. The number of nitrogens with two attached hydrogens (primary N) is 1. The summed E-state index contributed by atoms with van der Waals surface area (Å²) in [7, 11) is 1.65. The quantitative estimate of drug-likeness (QED) is 0.272. The van der Waals surface area contributed by atoms with Gasteiger partial charge in [-0.25, -0.2) is 0 Å². The van der Waals surface area contributed by atoms with E-state index in [0.717, 1.165) is 29.9 Å². The number of hydrogen-bond donors (Lipinski definition) is 3.